The fraction of sp³-hybridized carbons (Fsp3) is 0.562. The Morgan fingerprint density at radius 3 is 2.82 bits per heavy atom. The summed E-state index contributed by atoms with van der Waals surface area (Å²) in [5.74, 6) is 1.31. The summed E-state index contributed by atoms with van der Waals surface area (Å²) in [6, 6.07) is 5.34. The molecule has 0 spiro atoms. The first-order chi connectivity index (χ1) is 10.2. The molecular formula is C16H23ClN2O3. The fourth-order valence-corrected chi connectivity index (χ4v) is 2.85. The van der Waals surface area contributed by atoms with Crippen LogP contribution in [-0.4, -0.2) is 38.8 Å². The maximum Gasteiger partial charge on any atom is 0.251 e. The van der Waals surface area contributed by atoms with Gasteiger partial charge in [0.25, 0.3) is 5.91 Å². The number of amides is 1. The minimum Gasteiger partial charge on any atom is -0.486 e. The van der Waals surface area contributed by atoms with E-state index in [-0.39, 0.29) is 23.7 Å². The SMILES string of the molecule is CC1(CNC(=O)c2ccc3c(c2)OCCO3)CCCNC1.Cl. The molecule has 0 aliphatic carbocycles. The predicted molar refractivity (Wildman–Crippen MR) is 87.2 cm³/mol. The zero-order valence-electron chi connectivity index (χ0n) is 12.8. The number of carbonyl (C=O) groups is 1. The molecule has 0 saturated carbocycles. The Balaban J connectivity index is 0.00000176. The van der Waals surface area contributed by atoms with Gasteiger partial charge in [0.2, 0.25) is 0 Å². The average molecular weight is 327 g/mol. The van der Waals surface area contributed by atoms with E-state index in [2.05, 4.69) is 17.6 Å². The van der Waals surface area contributed by atoms with Crippen molar-refractivity contribution in [1.29, 1.82) is 0 Å². The van der Waals surface area contributed by atoms with Crippen LogP contribution in [0.2, 0.25) is 0 Å². The molecule has 3 rings (SSSR count). The maximum absolute atomic E-state index is 12.3. The summed E-state index contributed by atoms with van der Waals surface area (Å²) < 4.78 is 11.0. The number of nitrogens with one attached hydrogen (secondary N) is 2. The van der Waals surface area contributed by atoms with E-state index in [1.165, 1.54) is 0 Å². The molecule has 2 aliphatic heterocycles. The van der Waals surface area contributed by atoms with Crippen LogP contribution in [0.3, 0.4) is 0 Å². The van der Waals surface area contributed by atoms with Gasteiger partial charge in [-0.15, -0.1) is 12.4 Å². The molecule has 1 amide bonds. The minimum atomic E-state index is -0.0567. The smallest absolute Gasteiger partial charge is 0.251 e. The summed E-state index contributed by atoms with van der Waals surface area (Å²) in [6.07, 6.45) is 2.30. The van der Waals surface area contributed by atoms with Gasteiger partial charge >= 0.3 is 0 Å². The van der Waals surface area contributed by atoms with Crippen LogP contribution in [0.15, 0.2) is 18.2 Å². The molecule has 22 heavy (non-hydrogen) atoms. The quantitative estimate of drug-likeness (QED) is 0.892. The second-order valence-corrected chi connectivity index (χ2v) is 6.13. The van der Waals surface area contributed by atoms with E-state index in [1.807, 2.05) is 0 Å². The Bertz CT molecular complexity index is 530. The van der Waals surface area contributed by atoms with Gasteiger partial charge in [-0.25, -0.2) is 0 Å². The summed E-state index contributed by atoms with van der Waals surface area (Å²) in [5, 5.41) is 6.43. The number of rotatable bonds is 3. The van der Waals surface area contributed by atoms with Crippen molar-refractivity contribution in [2.24, 2.45) is 5.41 Å². The van der Waals surface area contributed by atoms with Gasteiger partial charge in [0, 0.05) is 18.7 Å². The number of carbonyl (C=O) groups excluding carboxylic acids is 1. The van der Waals surface area contributed by atoms with Crippen molar-refractivity contribution < 1.29 is 14.3 Å². The summed E-state index contributed by atoms with van der Waals surface area (Å²) in [7, 11) is 0. The first kappa shape index (κ1) is 16.9. The summed E-state index contributed by atoms with van der Waals surface area (Å²) in [5.41, 5.74) is 0.758. The third kappa shape index (κ3) is 3.84. The fourth-order valence-electron chi connectivity index (χ4n) is 2.85. The predicted octanol–water partition coefficient (Wildman–Crippen LogP) is 2.00. The normalized spacial score (nSPS) is 23.3. The summed E-state index contributed by atoms with van der Waals surface area (Å²) >= 11 is 0. The van der Waals surface area contributed by atoms with Crippen molar-refractivity contribution in [3.63, 3.8) is 0 Å². The number of hydrogen-bond donors (Lipinski definition) is 2. The number of hydrogen-bond acceptors (Lipinski definition) is 4. The lowest BCUT2D eigenvalue weighted by atomic mass is 9.83. The molecule has 122 valence electrons. The van der Waals surface area contributed by atoms with Crippen molar-refractivity contribution in [3.05, 3.63) is 23.8 Å². The van der Waals surface area contributed by atoms with E-state index in [0.717, 1.165) is 25.9 Å². The van der Waals surface area contributed by atoms with Gasteiger partial charge in [-0.3, -0.25) is 4.79 Å². The lowest BCUT2D eigenvalue weighted by molar-refractivity contribution is 0.0923. The molecule has 1 unspecified atom stereocenters. The molecule has 1 aromatic rings. The van der Waals surface area contributed by atoms with Crippen LogP contribution in [0.1, 0.15) is 30.1 Å². The highest BCUT2D eigenvalue weighted by Gasteiger charge is 2.27. The molecular weight excluding hydrogens is 304 g/mol. The summed E-state index contributed by atoms with van der Waals surface area (Å²) in [6.45, 7) is 6.02. The van der Waals surface area contributed by atoms with Crippen molar-refractivity contribution in [3.8, 4) is 11.5 Å². The Kier molecular flexibility index (Phi) is 5.53. The molecule has 2 aliphatic rings. The number of ether oxygens (including phenoxy) is 2. The first-order valence-corrected chi connectivity index (χ1v) is 7.55. The van der Waals surface area contributed by atoms with Gasteiger partial charge in [0.1, 0.15) is 13.2 Å². The highest BCUT2D eigenvalue weighted by Crippen LogP contribution is 2.31. The number of benzene rings is 1. The van der Waals surface area contributed by atoms with Crippen molar-refractivity contribution in [2.45, 2.75) is 19.8 Å². The Labute approximate surface area is 137 Å². The topological polar surface area (TPSA) is 59.6 Å². The third-order valence-electron chi connectivity index (χ3n) is 4.17. The number of fused-ring (bicyclic) bond motifs is 1. The first-order valence-electron chi connectivity index (χ1n) is 7.55. The van der Waals surface area contributed by atoms with Gasteiger partial charge in [-0.1, -0.05) is 6.92 Å². The van der Waals surface area contributed by atoms with Crippen molar-refractivity contribution >= 4 is 18.3 Å². The van der Waals surface area contributed by atoms with E-state index in [4.69, 9.17) is 9.47 Å². The van der Waals surface area contributed by atoms with E-state index < -0.39 is 0 Å². The van der Waals surface area contributed by atoms with Crippen LogP contribution in [-0.2, 0) is 0 Å². The Morgan fingerprint density at radius 2 is 2.09 bits per heavy atom. The number of halogens is 1. The second-order valence-electron chi connectivity index (χ2n) is 6.13. The van der Waals surface area contributed by atoms with E-state index in [9.17, 15) is 4.79 Å². The van der Waals surface area contributed by atoms with Crippen LogP contribution < -0.4 is 20.1 Å². The van der Waals surface area contributed by atoms with Gasteiger partial charge < -0.3 is 20.1 Å². The van der Waals surface area contributed by atoms with Crippen LogP contribution in [0.5, 0.6) is 11.5 Å². The Hall–Kier alpha value is -1.46. The third-order valence-corrected chi connectivity index (χ3v) is 4.17. The molecule has 5 nitrogen and oxygen atoms in total. The average Bonchev–Trinajstić information content (AvgIpc) is 2.53. The van der Waals surface area contributed by atoms with E-state index in [0.29, 0.717) is 36.8 Å². The standard InChI is InChI=1S/C16H22N2O3.ClH/c1-16(5-2-6-17-10-16)11-18-15(19)12-3-4-13-14(9-12)21-8-7-20-13;/h3-4,9,17H,2,5-8,10-11H2,1H3,(H,18,19);1H. The van der Waals surface area contributed by atoms with E-state index in [1.54, 1.807) is 18.2 Å². The van der Waals surface area contributed by atoms with Crippen molar-refractivity contribution in [2.75, 3.05) is 32.8 Å². The zero-order chi connectivity index (χ0) is 14.7. The monoisotopic (exact) mass is 326 g/mol. The van der Waals surface area contributed by atoms with Crippen LogP contribution in [0.4, 0.5) is 0 Å². The van der Waals surface area contributed by atoms with Gasteiger partial charge in [-0.05, 0) is 43.0 Å². The molecule has 1 aromatic carbocycles. The van der Waals surface area contributed by atoms with E-state index >= 15 is 0 Å². The molecule has 1 fully saturated rings. The van der Waals surface area contributed by atoms with Crippen LogP contribution >= 0.6 is 12.4 Å². The zero-order valence-corrected chi connectivity index (χ0v) is 13.6. The van der Waals surface area contributed by atoms with Crippen LogP contribution in [0, 0.1) is 5.41 Å². The van der Waals surface area contributed by atoms with Gasteiger partial charge in [0.05, 0.1) is 0 Å². The minimum absolute atomic E-state index is 0. The largest absolute Gasteiger partial charge is 0.486 e. The van der Waals surface area contributed by atoms with Gasteiger partial charge in [-0.2, -0.15) is 0 Å². The van der Waals surface area contributed by atoms with Gasteiger partial charge in [0.15, 0.2) is 11.5 Å². The maximum atomic E-state index is 12.3. The second kappa shape index (κ2) is 7.20. The lowest BCUT2D eigenvalue weighted by Crippen LogP contribution is -2.45. The molecule has 2 N–H and O–H groups in total. The molecule has 2 heterocycles. The molecule has 1 atom stereocenters. The molecule has 0 aromatic heterocycles. The lowest BCUT2D eigenvalue weighted by Gasteiger charge is -2.34. The van der Waals surface area contributed by atoms with Crippen molar-refractivity contribution in [1.82, 2.24) is 10.6 Å². The molecule has 6 heteroatoms. The number of piperidine rings is 1. The molecule has 0 radical (unpaired) electrons. The van der Waals surface area contributed by atoms with Crippen LogP contribution in [0.25, 0.3) is 0 Å². The highest BCUT2D eigenvalue weighted by molar-refractivity contribution is 5.94. The highest BCUT2D eigenvalue weighted by atomic mass is 35.5. The summed E-state index contributed by atoms with van der Waals surface area (Å²) in [4.78, 5) is 12.3. The molecule has 1 saturated heterocycles. The molecule has 0 bridgehead atoms. The Morgan fingerprint density at radius 1 is 1.32 bits per heavy atom.